The van der Waals surface area contributed by atoms with E-state index in [-0.39, 0.29) is 17.3 Å². The van der Waals surface area contributed by atoms with Crippen LogP contribution >= 0.6 is 0 Å². The highest BCUT2D eigenvalue weighted by Crippen LogP contribution is 2.35. The topological polar surface area (TPSA) is 104 Å². The van der Waals surface area contributed by atoms with Crippen molar-refractivity contribution in [2.75, 3.05) is 5.73 Å². The van der Waals surface area contributed by atoms with E-state index in [0.29, 0.717) is 23.4 Å². The maximum Gasteiger partial charge on any atom is 0.314 e. The highest BCUT2D eigenvalue weighted by molar-refractivity contribution is 5.54. The molecule has 0 aliphatic rings. The lowest BCUT2D eigenvalue weighted by molar-refractivity contribution is -0.386. The summed E-state index contributed by atoms with van der Waals surface area (Å²) in [5.74, 6) is 0.741. The average molecular weight is 288 g/mol. The van der Waals surface area contributed by atoms with Crippen molar-refractivity contribution in [1.82, 2.24) is 9.97 Å². The summed E-state index contributed by atoms with van der Waals surface area (Å²) in [7, 11) is 0. The third-order valence-corrected chi connectivity index (χ3v) is 3.03. The maximum atomic E-state index is 11.2. The van der Waals surface area contributed by atoms with Gasteiger partial charge < -0.3 is 10.5 Å². The summed E-state index contributed by atoms with van der Waals surface area (Å²) in [5, 5.41) is 11.2. The van der Waals surface area contributed by atoms with E-state index >= 15 is 0 Å². The summed E-state index contributed by atoms with van der Waals surface area (Å²) in [6.07, 6.45) is 2.76. The van der Waals surface area contributed by atoms with Gasteiger partial charge in [0, 0.05) is 5.56 Å². The Balaban J connectivity index is 2.46. The van der Waals surface area contributed by atoms with E-state index in [1.807, 2.05) is 6.92 Å². The van der Waals surface area contributed by atoms with Gasteiger partial charge in [-0.05, 0) is 19.4 Å². The van der Waals surface area contributed by atoms with Gasteiger partial charge in [0.05, 0.1) is 10.5 Å². The molecular weight excluding hydrogens is 272 g/mol. The van der Waals surface area contributed by atoms with Gasteiger partial charge in [0.15, 0.2) is 0 Å². The molecule has 0 saturated heterocycles. The van der Waals surface area contributed by atoms with Crippen LogP contribution in [0.5, 0.6) is 11.6 Å². The molecule has 0 amide bonds. The minimum Gasteiger partial charge on any atom is -0.431 e. The molecule has 1 heterocycles. The first-order valence-corrected chi connectivity index (χ1v) is 6.55. The molecular formula is C14H16N4O3. The molecule has 0 atom stereocenters. The van der Waals surface area contributed by atoms with Crippen molar-refractivity contribution in [2.24, 2.45) is 0 Å². The molecule has 2 N–H and O–H groups in total. The van der Waals surface area contributed by atoms with Crippen molar-refractivity contribution in [1.29, 1.82) is 0 Å². The number of nitrogens with zero attached hydrogens (tertiary/aromatic N) is 3. The number of aromatic nitrogens is 2. The van der Waals surface area contributed by atoms with Gasteiger partial charge in [-0.25, -0.2) is 9.97 Å². The summed E-state index contributed by atoms with van der Waals surface area (Å²) in [6.45, 7) is 3.65. The Hall–Kier alpha value is -2.70. The van der Waals surface area contributed by atoms with E-state index in [0.717, 1.165) is 6.42 Å². The van der Waals surface area contributed by atoms with Crippen LogP contribution in [0.4, 0.5) is 11.5 Å². The molecule has 0 aliphatic heterocycles. The lowest BCUT2D eigenvalue weighted by Gasteiger charge is -2.11. The Morgan fingerprint density at radius 1 is 1.38 bits per heavy atom. The third-order valence-electron chi connectivity index (χ3n) is 3.03. The SMILES string of the molecule is CCCc1c(N)ncnc1Oc1cccc(C)c1[N+](=O)[O-]. The van der Waals surface area contributed by atoms with Crippen molar-refractivity contribution in [3.05, 3.63) is 45.8 Å². The van der Waals surface area contributed by atoms with Gasteiger partial charge in [0.1, 0.15) is 12.1 Å². The number of nitro benzene ring substituents is 1. The van der Waals surface area contributed by atoms with Crippen molar-refractivity contribution >= 4 is 11.5 Å². The number of nitrogen functional groups attached to an aromatic ring is 1. The molecule has 0 aliphatic carbocycles. The zero-order chi connectivity index (χ0) is 15.4. The molecule has 1 aromatic heterocycles. The molecule has 2 aromatic rings. The minimum absolute atomic E-state index is 0.0721. The Morgan fingerprint density at radius 3 is 2.81 bits per heavy atom. The first kappa shape index (κ1) is 14.7. The quantitative estimate of drug-likeness (QED) is 0.669. The molecule has 0 spiro atoms. The van der Waals surface area contributed by atoms with Gasteiger partial charge in [-0.3, -0.25) is 10.1 Å². The summed E-state index contributed by atoms with van der Waals surface area (Å²) in [5.41, 5.74) is 6.94. The highest BCUT2D eigenvalue weighted by Gasteiger charge is 2.21. The highest BCUT2D eigenvalue weighted by atomic mass is 16.6. The molecule has 7 heteroatoms. The fraction of sp³-hybridized carbons (Fsp3) is 0.286. The smallest absolute Gasteiger partial charge is 0.314 e. The maximum absolute atomic E-state index is 11.2. The predicted octanol–water partition coefficient (Wildman–Crippen LogP) is 3.02. The van der Waals surface area contributed by atoms with Crippen molar-refractivity contribution < 1.29 is 9.66 Å². The number of hydrogen-bond acceptors (Lipinski definition) is 6. The van der Waals surface area contributed by atoms with E-state index < -0.39 is 4.92 Å². The van der Waals surface area contributed by atoms with E-state index in [1.54, 1.807) is 25.1 Å². The van der Waals surface area contributed by atoms with Gasteiger partial charge in [-0.2, -0.15) is 0 Å². The molecule has 0 unspecified atom stereocenters. The normalized spacial score (nSPS) is 10.4. The largest absolute Gasteiger partial charge is 0.431 e. The number of ether oxygens (including phenoxy) is 1. The number of aryl methyl sites for hydroxylation is 1. The Bertz CT molecular complexity index is 673. The van der Waals surface area contributed by atoms with Crippen LogP contribution in [0, 0.1) is 17.0 Å². The first-order valence-electron chi connectivity index (χ1n) is 6.55. The average Bonchev–Trinajstić information content (AvgIpc) is 2.42. The number of hydrogen-bond donors (Lipinski definition) is 1. The number of nitrogens with two attached hydrogens (primary N) is 1. The zero-order valence-corrected chi connectivity index (χ0v) is 11.9. The number of anilines is 1. The fourth-order valence-corrected chi connectivity index (χ4v) is 2.03. The van der Waals surface area contributed by atoms with Gasteiger partial charge in [-0.15, -0.1) is 0 Å². The lowest BCUT2D eigenvalue weighted by atomic mass is 10.1. The number of benzene rings is 1. The zero-order valence-electron chi connectivity index (χ0n) is 11.9. The third kappa shape index (κ3) is 3.07. The van der Waals surface area contributed by atoms with Crippen LogP contribution in [0.2, 0.25) is 0 Å². The second-order valence-corrected chi connectivity index (χ2v) is 4.57. The van der Waals surface area contributed by atoms with E-state index in [4.69, 9.17) is 10.5 Å². The number of nitro groups is 1. The van der Waals surface area contributed by atoms with Crippen LogP contribution in [0.3, 0.4) is 0 Å². The monoisotopic (exact) mass is 288 g/mol. The van der Waals surface area contributed by atoms with Crippen molar-refractivity contribution in [3.63, 3.8) is 0 Å². The predicted molar refractivity (Wildman–Crippen MR) is 78.3 cm³/mol. The molecule has 0 saturated carbocycles. The molecule has 110 valence electrons. The molecule has 0 radical (unpaired) electrons. The lowest BCUT2D eigenvalue weighted by Crippen LogP contribution is -2.04. The van der Waals surface area contributed by atoms with Crippen LogP contribution in [0.15, 0.2) is 24.5 Å². The van der Waals surface area contributed by atoms with Crippen LogP contribution < -0.4 is 10.5 Å². The second kappa shape index (κ2) is 6.17. The van der Waals surface area contributed by atoms with E-state index in [2.05, 4.69) is 9.97 Å². The van der Waals surface area contributed by atoms with E-state index in [1.165, 1.54) is 6.33 Å². The minimum atomic E-state index is -0.464. The standard InChI is InChI=1S/C14H16N4O3/c1-3-5-10-13(15)16-8-17-14(10)21-11-7-4-6-9(2)12(11)18(19)20/h4,6-8H,3,5H2,1-2H3,(H2,15,16,17). The van der Waals surface area contributed by atoms with Gasteiger partial charge in [-0.1, -0.05) is 25.5 Å². The first-order chi connectivity index (χ1) is 10.0. The summed E-state index contributed by atoms with van der Waals surface area (Å²) in [6, 6.07) is 4.90. The summed E-state index contributed by atoms with van der Waals surface area (Å²) >= 11 is 0. The summed E-state index contributed by atoms with van der Waals surface area (Å²) in [4.78, 5) is 18.7. The molecule has 21 heavy (non-hydrogen) atoms. The van der Waals surface area contributed by atoms with Gasteiger partial charge >= 0.3 is 5.69 Å². The molecule has 0 bridgehead atoms. The number of rotatable bonds is 5. The molecule has 2 rings (SSSR count). The van der Waals surface area contributed by atoms with Crippen LogP contribution in [0.25, 0.3) is 0 Å². The summed E-state index contributed by atoms with van der Waals surface area (Å²) < 4.78 is 5.64. The Kier molecular flexibility index (Phi) is 4.32. The van der Waals surface area contributed by atoms with Crippen LogP contribution in [-0.2, 0) is 6.42 Å². The number of para-hydroxylation sites is 1. The second-order valence-electron chi connectivity index (χ2n) is 4.57. The van der Waals surface area contributed by atoms with Crippen LogP contribution in [0.1, 0.15) is 24.5 Å². The molecule has 0 fully saturated rings. The Labute approximate surface area is 121 Å². The fourth-order valence-electron chi connectivity index (χ4n) is 2.03. The van der Waals surface area contributed by atoms with Gasteiger partial charge in [0.2, 0.25) is 11.6 Å². The van der Waals surface area contributed by atoms with E-state index in [9.17, 15) is 10.1 Å². The van der Waals surface area contributed by atoms with Crippen molar-refractivity contribution in [2.45, 2.75) is 26.7 Å². The van der Waals surface area contributed by atoms with Gasteiger partial charge in [0.25, 0.3) is 0 Å². The van der Waals surface area contributed by atoms with Crippen molar-refractivity contribution in [3.8, 4) is 11.6 Å². The van der Waals surface area contributed by atoms with Crippen LogP contribution in [-0.4, -0.2) is 14.9 Å². The molecule has 1 aromatic carbocycles. The Morgan fingerprint density at radius 2 is 2.14 bits per heavy atom. The molecule has 7 nitrogen and oxygen atoms in total.